The van der Waals surface area contributed by atoms with Crippen LogP contribution in [0.1, 0.15) is 42.0 Å². The minimum Gasteiger partial charge on any atom is -0.349 e. The van der Waals surface area contributed by atoms with Crippen molar-refractivity contribution in [1.82, 2.24) is 10.0 Å². The number of rotatable bonds is 6. The minimum absolute atomic E-state index is 0.111. The number of sulfonamides is 1. The van der Waals surface area contributed by atoms with E-state index in [1.807, 2.05) is 24.3 Å². The number of carbonyl (C=O) groups excluding carboxylic acids is 1. The van der Waals surface area contributed by atoms with Gasteiger partial charge in [0.15, 0.2) is 0 Å². The van der Waals surface area contributed by atoms with Crippen molar-refractivity contribution in [3.05, 3.63) is 64.2 Å². The lowest BCUT2D eigenvalue weighted by molar-refractivity contribution is -0.158. The molecule has 2 aromatic carbocycles. The van der Waals surface area contributed by atoms with Gasteiger partial charge >= 0.3 is 6.18 Å². The fourth-order valence-corrected chi connectivity index (χ4v) is 5.06. The van der Waals surface area contributed by atoms with Crippen LogP contribution in [-0.2, 0) is 21.2 Å². The van der Waals surface area contributed by atoms with E-state index in [2.05, 4.69) is 5.32 Å². The topological polar surface area (TPSA) is 75.3 Å². The van der Waals surface area contributed by atoms with Crippen molar-refractivity contribution in [2.24, 2.45) is 0 Å². The van der Waals surface area contributed by atoms with Crippen molar-refractivity contribution in [3.8, 4) is 0 Å². The monoisotopic (exact) mass is 474 g/mol. The summed E-state index contributed by atoms with van der Waals surface area (Å²) in [7, 11) is -4.54. The number of amides is 1. The maximum atomic E-state index is 13.6. The predicted octanol–water partition coefficient (Wildman–Crippen LogP) is 4.44. The molecule has 5 nitrogen and oxygen atoms in total. The number of benzene rings is 2. The van der Waals surface area contributed by atoms with Crippen molar-refractivity contribution in [3.63, 3.8) is 0 Å². The highest BCUT2D eigenvalue weighted by atomic mass is 35.5. The summed E-state index contributed by atoms with van der Waals surface area (Å²) in [6, 6.07) is 8.10. The Morgan fingerprint density at radius 3 is 2.61 bits per heavy atom. The average Bonchev–Trinajstić information content (AvgIpc) is 2.69. The van der Waals surface area contributed by atoms with E-state index in [-0.39, 0.29) is 5.02 Å². The second-order valence-corrected chi connectivity index (χ2v) is 9.66. The van der Waals surface area contributed by atoms with Gasteiger partial charge in [-0.3, -0.25) is 4.79 Å². The van der Waals surface area contributed by atoms with Gasteiger partial charge in [0.1, 0.15) is 6.04 Å². The van der Waals surface area contributed by atoms with Crippen LogP contribution in [0.3, 0.4) is 0 Å². The number of aryl methyl sites for hydroxylation is 2. The van der Waals surface area contributed by atoms with E-state index >= 15 is 0 Å². The molecule has 0 aliphatic heterocycles. The Hall–Kier alpha value is -2.10. The molecule has 2 unspecified atom stereocenters. The van der Waals surface area contributed by atoms with Gasteiger partial charge in [-0.2, -0.15) is 17.9 Å². The summed E-state index contributed by atoms with van der Waals surface area (Å²) in [5.74, 6) is -0.881. The number of fused-ring (bicyclic) bond motifs is 1. The molecule has 1 aliphatic rings. The number of nitrogens with one attached hydrogen (secondary N) is 2. The summed E-state index contributed by atoms with van der Waals surface area (Å²) in [6.45, 7) is 1.64. The third kappa shape index (κ3) is 5.78. The zero-order valence-corrected chi connectivity index (χ0v) is 18.2. The molecule has 2 atom stereocenters. The van der Waals surface area contributed by atoms with Gasteiger partial charge in [0, 0.05) is 5.02 Å². The van der Waals surface area contributed by atoms with Crippen LogP contribution in [0.2, 0.25) is 5.02 Å². The molecule has 0 spiro atoms. The highest BCUT2D eigenvalue weighted by Crippen LogP contribution is 2.30. The molecular formula is C21H22ClF3N2O3S. The Labute approximate surface area is 184 Å². The van der Waals surface area contributed by atoms with Gasteiger partial charge in [-0.25, -0.2) is 8.42 Å². The number of alkyl halides is 3. The molecule has 10 heteroatoms. The summed E-state index contributed by atoms with van der Waals surface area (Å²) < 4.78 is 67.2. The van der Waals surface area contributed by atoms with Crippen LogP contribution in [0.15, 0.2) is 47.4 Å². The summed E-state index contributed by atoms with van der Waals surface area (Å²) in [6.07, 6.45) is -3.78. The second-order valence-electron chi connectivity index (χ2n) is 7.54. The first-order chi connectivity index (χ1) is 14.5. The van der Waals surface area contributed by atoms with Gasteiger partial charge in [0.05, 0.1) is 17.4 Å². The van der Waals surface area contributed by atoms with Gasteiger partial charge < -0.3 is 5.32 Å². The highest BCUT2D eigenvalue weighted by Gasteiger charge is 2.44. The molecule has 0 radical (unpaired) electrons. The molecule has 0 saturated carbocycles. The van der Waals surface area contributed by atoms with Crippen LogP contribution >= 0.6 is 11.6 Å². The standard InChI is InChI=1S/C21H22ClF3N2O3S/c1-13-9-10-15(11-17(13)22)31(29,30)27-19(21(23,24)25)12-20(28)26-18-8-4-6-14-5-2-3-7-16(14)18/h2-3,5,7,9-11,18-19,27H,4,6,8,12H2,1H3,(H,26,28). The van der Waals surface area contributed by atoms with E-state index in [1.165, 1.54) is 6.07 Å². The van der Waals surface area contributed by atoms with Crippen LogP contribution in [0, 0.1) is 6.92 Å². The first-order valence-electron chi connectivity index (χ1n) is 9.70. The number of carbonyl (C=O) groups is 1. The van der Waals surface area contributed by atoms with Crippen molar-refractivity contribution in [2.45, 2.75) is 55.8 Å². The Morgan fingerprint density at radius 1 is 1.23 bits per heavy atom. The molecule has 2 aromatic rings. The van der Waals surface area contributed by atoms with Crippen molar-refractivity contribution in [1.29, 1.82) is 0 Å². The average molecular weight is 475 g/mol. The lowest BCUT2D eigenvalue weighted by Crippen LogP contribution is -2.48. The Morgan fingerprint density at radius 2 is 1.94 bits per heavy atom. The molecule has 1 aliphatic carbocycles. The molecule has 0 heterocycles. The molecule has 0 bridgehead atoms. The third-order valence-electron chi connectivity index (χ3n) is 5.24. The summed E-state index contributed by atoms with van der Waals surface area (Å²) in [5.41, 5.74) is 2.50. The van der Waals surface area contributed by atoms with Gasteiger partial charge in [0.2, 0.25) is 15.9 Å². The number of hydrogen-bond donors (Lipinski definition) is 2. The maximum absolute atomic E-state index is 13.6. The summed E-state index contributed by atoms with van der Waals surface area (Å²) in [4.78, 5) is 12.0. The zero-order valence-electron chi connectivity index (χ0n) is 16.7. The molecule has 0 aromatic heterocycles. The van der Waals surface area contributed by atoms with Crippen molar-refractivity contribution >= 4 is 27.5 Å². The molecule has 3 rings (SSSR count). The van der Waals surface area contributed by atoms with E-state index in [4.69, 9.17) is 11.6 Å². The van der Waals surface area contributed by atoms with Crippen LogP contribution < -0.4 is 10.0 Å². The van der Waals surface area contributed by atoms with Gasteiger partial charge in [-0.05, 0) is 55.0 Å². The van der Waals surface area contributed by atoms with E-state index in [1.54, 1.807) is 11.6 Å². The highest BCUT2D eigenvalue weighted by molar-refractivity contribution is 7.89. The first-order valence-corrected chi connectivity index (χ1v) is 11.6. The van der Waals surface area contributed by atoms with Gasteiger partial charge in [0.25, 0.3) is 0 Å². The lowest BCUT2D eigenvalue weighted by Gasteiger charge is -2.27. The molecule has 0 saturated heterocycles. The second kappa shape index (κ2) is 9.18. The molecular weight excluding hydrogens is 453 g/mol. The molecule has 2 N–H and O–H groups in total. The largest absolute Gasteiger partial charge is 0.405 e. The molecule has 1 amide bonds. The Bertz CT molecular complexity index is 1070. The third-order valence-corrected chi connectivity index (χ3v) is 7.12. The lowest BCUT2D eigenvalue weighted by atomic mass is 9.87. The van der Waals surface area contributed by atoms with E-state index in [0.29, 0.717) is 12.0 Å². The zero-order chi connectivity index (χ0) is 22.8. The first kappa shape index (κ1) is 23.6. The Kier molecular flexibility index (Phi) is 6.98. The van der Waals surface area contributed by atoms with Crippen LogP contribution in [0.4, 0.5) is 13.2 Å². The summed E-state index contributed by atoms with van der Waals surface area (Å²) in [5, 5.41) is 2.74. The van der Waals surface area contributed by atoms with Crippen LogP contribution in [0.25, 0.3) is 0 Å². The molecule has 168 valence electrons. The van der Waals surface area contributed by atoms with Gasteiger partial charge in [-0.15, -0.1) is 0 Å². The molecule has 0 fully saturated rings. The van der Waals surface area contributed by atoms with Crippen LogP contribution in [-0.4, -0.2) is 26.5 Å². The molecule has 31 heavy (non-hydrogen) atoms. The smallest absolute Gasteiger partial charge is 0.349 e. The van der Waals surface area contributed by atoms with Crippen molar-refractivity contribution < 1.29 is 26.4 Å². The maximum Gasteiger partial charge on any atom is 0.405 e. The van der Waals surface area contributed by atoms with Gasteiger partial charge in [-0.1, -0.05) is 41.9 Å². The van der Waals surface area contributed by atoms with E-state index in [0.717, 1.165) is 36.1 Å². The minimum atomic E-state index is -4.95. The SMILES string of the molecule is Cc1ccc(S(=O)(=O)NC(CC(=O)NC2CCCc3ccccc32)C(F)(F)F)cc1Cl. The summed E-state index contributed by atoms with van der Waals surface area (Å²) >= 11 is 5.90. The number of halogens is 4. The van der Waals surface area contributed by atoms with E-state index in [9.17, 15) is 26.4 Å². The Balaban J connectivity index is 1.75. The van der Waals surface area contributed by atoms with Crippen LogP contribution in [0.5, 0.6) is 0 Å². The predicted molar refractivity (Wildman–Crippen MR) is 111 cm³/mol. The van der Waals surface area contributed by atoms with Crippen molar-refractivity contribution in [2.75, 3.05) is 0 Å². The van der Waals surface area contributed by atoms with E-state index < -0.39 is 45.5 Å². The fourth-order valence-electron chi connectivity index (χ4n) is 3.56. The quantitative estimate of drug-likeness (QED) is 0.650. The number of hydrogen-bond acceptors (Lipinski definition) is 3. The fraction of sp³-hybridized carbons (Fsp3) is 0.381. The normalized spacial score (nSPS) is 17.6.